The number of aromatic nitrogens is 2. The Morgan fingerprint density at radius 2 is 1.60 bits per heavy atom. The Bertz CT molecular complexity index is 1120. The van der Waals surface area contributed by atoms with E-state index in [9.17, 15) is 14.4 Å². The second kappa shape index (κ2) is 9.63. The molecule has 0 aliphatic heterocycles. The number of likely N-dealkylation sites (N-methyl/N-ethyl adjacent to an activating group) is 1. The summed E-state index contributed by atoms with van der Waals surface area (Å²) in [5, 5.41) is 3.13. The Morgan fingerprint density at radius 3 is 2.23 bits per heavy atom. The van der Waals surface area contributed by atoms with Gasteiger partial charge in [0.1, 0.15) is 0 Å². The molecule has 2 amide bonds. The molecule has 0 spiro atoms. The Labute approximate surface area is 179 Å². The molecule has 8 heteroatoms. The van der Waals surface area contributed by atoms with Gasteiger partial charge in [0.05, 0.1) is 28.3 Å². The monoisotopic (exact) mass is 428 g/mol. The Morgan fingerprint density at radius 1 is 1.00 bits per heavy atom. The molecule has 1 aromatic heterocycles. The van der Waals surface area contributed by atoms with E-state index >= 15 is 0 Å². The fraction of sp³-hybridized carbons (Fsp3) is 0.318. The van der Waals surface area contributed by atoms with Gasteiger partial charge in [-0.25, -0.2) is 4.79 Å². The van der Waals surface area contributed by atoms with Crippen molar-refractivity contribution in [2.75, 3.05) is 18.9 Å². The smallest absolute Gasteiger partial charge is 0.329 e. The van der Waals surface area contributed by atoms with Crippen molar-refractivity contribution in [3.63, 3.8) is 0 Å². The SMILES string of the molecule is CCCn1c(=O)n(CCC(=O)N(C)CC(=O)Nc2ccccc2Cl)c2ccccc21. The molecule has 3 rings (SSSR count). The van der Waals surface area contributed by atoms with Crippen molar-refractivity contribution in [2.45, 2.75) is 32.9 Å². The number of nitrogens with zero attached hydrogens (tertiary/aromatic N) is 3. The summed E-state index contributed by atoms with van der Waals surface area (Å²) in [4.78, 5) is 38.9. The molecule has 0 atom stereocenters. The molecule has 158 valence electrons. The Balaban J connectivity index is 1.64. The molecule has 0 saturated heterocycles. The van der Waals surface area contributed by atoms with Gasteiger partial charge < -0.3 is 10.2 Å². The highest BCUT2D eigenvalue weighted by molar-refractivity contribution is 6.33. The lowest BCUT2D eigenvalue weighted by Crippen LogP contribution is -2.36. The lowest BCUT2D eigenvalue weighted by atomic mass is 10.3. The van der Waals surface area contributed by atoms with Crippen LogP contribution in [0.5, 0.6) is 0 Å². The number of fused-ring (bicyclic) bond motifs is 1. The Kier molecular flexibility index (Phi) is 6.95. The highest BCUT2D eigenvalue weighted by Crippen LogP contribution is 2.20. The van der Waals surface area contributed by atoms with E-state index in [1.807, 2.05) is 31.2 Å². The number of hydrogen-bond acceptors (Lipinski definition) is 3. The second-order valence-corrected chi connectivity index (χ2v) is 7.51. The minimum atomic E-state index is -0.337. The molecular weight excluding hydrogens is 404 g/mol. The molecule has 0 bridgehead atoms. The van der Waals surface area contributed by atoms with E-state index in [1.54, 1.807) is 40.4 Å². The molecular formula is C22H25ClN4O3. The summed E-state index contributed by atoms with van der Waals surface area (Å²) < 4.78 is 3.36. The van der Waals surface area contributed by atoms with Gasteiger partial charge in [0, 0.05) is 26.6 Å². The van der Waals surface area contributed by atoms with Gasteiger partial charge in [-0.2, -0.15) is 0 Å². The zero-order valence-corrected chi connectivity index (χ0v) is 17.9. The van der Waals surface area contributed by atoms with Gasteiger partial charge in [-0.1, -0.05) is 42.8 Å². The average Bonchev–Trinajstić information content (AvgIpc) is 2.99. The molecule has 7 nitrogen and oxygen atoms in total. The third kappa shape index (κ3) is 4.74. The Hall–Kier alpha value is -3.06. The van der Waals surface area contributed by atoms with Gasteiger partial charge in [-0.15, -0.1) is 0 Å². The first-order valence-electron chi connectivity index (χ1n) is 9.88. The second-order valence-electron chi connectivity index (χ2n) is 7.10. The van der Waals surface area contributed by atoms with Gasteiger partial charge in [0.25, 0.3) is 0 Å². The number of para-hydroxylation sites is 3. The van der Waals surface area contributed by atoms with E-state index in [0.29, 0.717) is 17.3 Å². The maximum absolute atomic E-state index is 12.8. The van der Waals surface area contributed by atoms with E-state index in [4.69, 9.17) is 11.6 Å². The summed E-state index contributed by atoms with van der Waals surface area (Å²) in [6.07, 6.45) is 0.964. The molecule has 0 radical (unpaired) electrons. The number of nitrogens with one attached hydrogen (secondary N) is 1. The number of amides is 2. The topological polar surface area (TPSA) is 76.3 Å². The van der Waals surface area contributed by atoms with Crippen LogP contribution in [0.4, 0.5) is 5.69 Å². The first-order chi connectivity index (χ1) is 14.4. The van der Waals surface area contributed by atoms with Crippen molar-refractivity contribution in [3.05, 3.63) is 64.0 Å². The van der Waals surface area contributed by atoms with Crippen molar-refractivity contribution >= 4 is 40.1 Å². The summed E-state index contributed by atoms with van der Waals surface area (Å²) in [6, 6.07) is 14.5. The number of carbonyl (C=O) groups excluding carboxylic acids is 2. The molecule has 30 heavy (non-hydrogen) atoms. The van der Waals surface area contributed by atoms with Gasteiger partial charge >= 0.3 is 5.69 Å². The van der Waals surface area contributed by atoms with Crippen molar-refractivity contribution in [1.29, 1.82) is 0 Å². The quantitative estimate of drug-likeness (QED) is 0.597. The normalized spacial score (nSPS) is 10.9. The van der Waals surface area contributed by atoms with Crippen LogP contribution in [0.25, 0.3) is 11.0 Å². The summed E-state index contributed by atoms with van der Waals surface area (Å²) in [5.41, 5.74) is 2.05. The zero-order chi connectivity index (χ0) is 21.7. The highest BCUT2D eigenvalue weighted by Gasteiger charge is 2.17. The van der Waals surface area contributed by atoms with Gasteiger partial charge in [-0.3, -0.25) is 18.7 Å². The molecule has 0 saturated carbocycles. The third-order valence-corrected chi connectivity index (χ3v) is 5.21. The fourth-order valence-corrected chi connectivity index (χ4v) is 3.57. The predicted molar refractivity (Wildman–Crippen MR) is 119 cm³/mol. The number of aryl methyl sites for hydroxylation is 2. The minimum Gasteiger partial charge on any atom is -0.336 e. The summed E-state index contributed by atoms with van der Waals surface area (Å²) >= 11 is 6.04. The zero-order valence-electron chi connectivity index (χ0n) is 17.1. The maximum Gasteiger partial charge on any atom is 0.329 e. The minimum absolute atomic E-state index is 0.101. The summed E-state index contributed by atoms with van der Waals surface area (Å²) in [5.74, 6) is -0.556. The molecule has 0 aliphatic carbocycles. The largest absolute Gasteiger partial charge is 0.336 e. The third-order valence-electron chi connectivity index (χ3n) is 4.88. The number of halogens is 1. The van der Waals surface area contributed by atoms with Crippen molar-refractivity contribution in [3.8, 4) is 0 Å². The maximum atomic E-state index is 12.8. The number of imidazole rings is 1. The average molecular weight is 429 g/mol. The van der Waals surface area contributed by atoms with Crippen LogP contribution in [0, 0.1) is 0 Å². The number of anilines is 1. The summed E-state index contributed by atoms with van der Waals surface area (Å²) in [7, 11) is 1.57. The molecule has 1 heterocycles. The van der Waals surface area contributed by atoms with E-state index < -0.39 is 0 Å². The van der Waals surface area contributed by atoms with E-state index in [1.165, 1.54) is 4.90 Å². The van der Waals surface area contributed by atoms with Crippen LogP contribution in [0.15, 0.2) is 53.3 Å². The number of hydrogen-bond donors (Lipinski definition) is 1. The molecule has 3 aromatic rings. The lowest BCUT2D eigenvalue weighted by Gasteiger charge is -2.17. The molecule has 0 unspecified atom stereocenters. The van der Waals surface area contributed by atoms with Gasteiger partial charge in [0.2, 0.25) is 11.8 Å². The lowest BCUT2D eigenvalue weighted by molar-refractivity contribution is -0.133. The molecule has 1 N–H and O–H groups in total. The van der Waals surface area contributed by atoms with Crippen LogP contribution < -0.4 is 11.0 Å². The molecule has 0 aliphatic rings. The predicted octanol–water partition coefficient (Wildman–Crippen LogP) is 3.35. The number of rotatable bonds is 8. The standard InChI is InChI=1S/C22H25ClN4O3/c1-3-13-26-18-10-6-7-11-19(18)27(22(26)30)14-12-21(29)25(2)15-20(28)24-17-9-5-4-8-16(17)23/h4-11H,3,12-15H2,1-2H3,(H,24,28). The van der Waals surface area contributed by atoms with Crippen molar-refractivity contribution < 1.29 is 9.59 Å². The van der Waals surface area contributed by atoms with Crippen LogP contribution in [0.1, 0.15) is 19.8 Å². The van der Waals surface area contributed by atoms with Gasteiger partial charge in [-0.05, 0) is 30.7 Å². The van der Waals surface area contributed by atoms with E-state index in [2.05, 4.69) is 5.32 Å². The van der Waals surface area contributed by atoms with Crippen LogP contribution in [-0.2, 0) is 22.7 Å². The fourth-order valence-electron chi connectivity index (χ4n) is 3.38. The molecule has 0 fully saturated rings. The number of benzene rings is 2. The first-order valence-corrected chi connectivity index (χ1v) is 10.3. The highest BCUT2D eigenvalue weighted by atomic mass is 35.5. The number of carbonyl (C=O) groups is 2. The molecule has 2 aromatic carbocycles. The van der Waals surface area contributed by atoms with E-state index in [0.717, 1.165) is 17.5 Å². The van der Waals surface area contributed by atoms with E-state index in [-0.39, 0.29) is 37.0 Å². The first kappa shape index (κ1) is 21.6. The van der Waals surface area contributed by atoms with Crippen molar-refractivity contribution in [2.24, 2.45) is 0 Å². The van der Waals surface area contributed by atoms with Crippen LogP contribution in [0.3, 0.4) is 0 Å². The van der Waals surface area contributed by atoms with Gasteiger partial charge in [0.15, 0.2) is 0 Å². The van der Waals surface area contributed by atoms with Crippen molar-refractivity contribution in [1.82, 2.24) is 14.0 Å². The van der Waals surface area contributed by atoms with Crippen LogP contribution in [-0.4, -0.2) is 39.4 Å². The van der Waals surface area contributed by atoms with Crippen LogP contribution in [0.2, 0.25) is 5.02 Å². The summed E-state index contributed by atoms with van der Waals surface area (Å²) in [6.45, 7) is 2.80. The van der Waals surface area contributed by atoms with Crippen LogP contribution >= 0.6 is 11.6 Å².